The lowest BCUT2D eigenvalue weighted by atomic mass is 10.0. The molecule has 0 radical (unpaired) electrons. The van der Waals surface area contributed by atoms with Crippen LogP contribution < -0.4 is 14.8 Å². The highest BCUT2D eigenvalue weighted by molar-refractivity contribution is 7.17. The Morgan fingerprint density at radius 1 is 1.29 bits per heavy atom. The molecule has 9 heteroatoms. The lowest BCUT2D eigenvalue weighted by Crippen LogP contribution is -2.26. The molecule has 1 amide bonds. The second-order valence-corrected chi connectivity index (χ2v) is 7.54. The van der Waals surface area contributed by atoms with Crippen LogP contribution in [0, 0.1) is 0 Å². The number of benzene rings is 1. The standard InChI is InChI=1S/C19H20N2O5S.ClH/c1-3-24-19(23)16-12-6-7-21(2)9-15(12)27-18(16)20-17(22)11-4-5-13-14(8-11)26-10-25-13;/h4-5,8H,3,6-7,9-10H2,1-2H3,(H,20,22);1H. The number of fused-ring (bicyclic) bond motifs is 2. The molecule has 1 N–H and O–H groups in total. The van der Waals surface area contributed by atoms with Gasteiger partial charge in [0.05, 0.1) is 12.2 Å². The molecular formula is C19H21ClN2O5S. The third kappa shape index (κ3) is 3.80. The Hall–Kier alpha value is -2.29. The van der Waals surface area contributed by atoms with E-state index in [0.717, 1.165) is 30.0 Å². The molecule has 4 rings (SSSR count). The first-order valence-electron chi connectivity index (χ1n) is 8.78. The number of rotatable bonds is 4. The number of hydrogen-bond acceptors (Lipinski definition) is 7. The topological polar surface area (TPSA) is 77.1 Å². The molecule has 0 saturated heterocycles. The molecule has 28 heavy (non-hydrogen) atoms. The number of nitrogens with zero attached hydrogens (tertiary/aromatic N) is 1. The maximum absolute atomic E-state index is 12.8. The van der Waals surface area contributed by atoms with Crippen LogP contribution in [0.25, 0.3) is 0 Å². The van der Waals surface area contributed by atoms with Gasteiger partial charge in [0.1, 0.15) is 5.00 Å². The fraction of sp³-hybridized carbons (Fsp3) is 0.368. The minimum atomic E-state index is -0.388. The maximum atomic E-state index is 12.8. The molecule has 0 unspecified atom stereocenters. The summed E-state index contributed by atoms with van der Waals surface area (Å²) >= 11 is 1.44. The van der Waals surface area contributed by atoms with Gasteiger partial charge in [-0.2, -0.15) is 0 Å². The Bertz CT molecular complexity index is 914. The summed E-state index contributed by atoms with van der Waals surface area (Å²) in [7, 11) is 2.04. The molecule has 0 fully saturated rings. The van der Waals surface area contributed by atoms with Crippen molar-refractivity contribution in [2.45, 2.75) is 19.9 Å². The molecule has 0 spiro atoms. The average Bonchev–Trinajstić information content (AvgIpc) is 3.24. The predicted molar refractivity (Wildman–Crippen MR) is 108 cm³/mol. The molecule has 1 aromatic carbocycles. The highest BCUT2D eigenvalue weighted by Crippen LogP contribution is 2.38. The van der Waals surface area contributed by atoms with Gasteiger partial charge in [-0.1, -0.05) is 0 Å². The van der Waals surface area contributed by atoms with E-state index in [1.54, 1.807) is 25.1 Å². The monoisotopic (exact) mass is 424 g/mol. The van der Waals surface area contributed by atoms with Crippen LogP contribution in [0.5, 0.6) is 11.5 Å². The Balaban J connectivity index is 0.00000225. The molecule has 3 heterocycles. The van der Waals surface area contributed by atoms with E-state index in [9.17, 15) is 9.59 Å². The second-order valence-electron chi connectivity index (χ2n) is 6.44. The Kier molecular flexibility index (Phi) is 6.12. The molecule has 2 aliphatic heterocycles. The van der Waals surface area contributed by atoms with Gasteiger partial charge in [0.2, 0.25) is 6.79 Å². The van der Waals surface area contributed by atoms with Gasteiger partial charge in [-0.3, -0.25) is 4.79 Å². The van der Waals surface area contributed by atoms with Gasteiger partial charge in [0, 0.05) is 23.5 Å². The number of halogens is 1. The van der Waals surface area contributed by atoms with Gasteiger partial charge in [0.15, 0.2) is 11.5 Å². The number of nitrogens with one attached hydrogen (secondary N) is 1. The molecule has 2 aliphatic rings. The predicted octanol–water partition coefficient (Wildman–Crippen LogP) is 3.32. The fourth-order valence-electron chi connectivity index (χ4n) is 3.25. The highest BCUT2D eigenvalue weighted by Gasteiger charge is 2.29. The van der Waals surface area contributed by atoms with Crippen molar-refractivity contribution in [2.24, 2.45) is 0 Å². The van der Waals surface area contributed by atoms with E-state index in [-0.39, 0.29) is 31.1 Å². The lowest BCUT2D eigenvalue weighted by molar-refractivity contribution is 0.0526. The fourth-order valence-corrected chi connectivity index (χ4v) is 4.56. The molecule has 0 atom stereocenters. The number of hydrogen-bond donors (Lipinski definition) is 1. The number of carbonyl (C=O) groups is 2. The summed E-state index contributed by atoms with van der Waals surface area (Å²) in [6, 6.07) is 5.02. The molecule has 0 bridgehead atoms. The maximum Gasteiger partial charge on any atom is 0.341 e. The van der Waals surface area contributed by atoms with Crippen molar-refractivity contribution in [3.63, 3.8) is 0 Å². The van der Waals surface area contributed by atoms with Crippen molar-refractivity contribution < 1.29 is 23.8 Å². The van der Waals surface area contributed by atoms with Gasteiger partial charge in [-0.05, 0) is 44.2 Å². The van der Waals surface area contributed by atoms with E-state index in [2.05, 4.69) is 10.2 Å². The van der Waals surface area contributed by atoms with E-state index in [4.69, 9.17) is 14.2 Å². The largest absolute Gasteiger partial charge is 0.462 e. The van der Waals surface area contributed by atoms with Crippen LogP contribution in [0.15, 0.2) is 18.2 Å². The number of thiophene rings is 1. The van der Waals surface area contributed by atoms with Crippen molar-refractivity contribution in [1.29, 1.82) is 0 Å². The van der Waals surface area contributed by atoms with E-state index in [1.165, 1.54) is 11.3 Å². The minimum Gasteiger partial charge on any atom is -0.462 e. The van der Waals surface area contributed by atoms with Crippen LogP contribution in [0.3, 0.4) is 0 Å². The zero-order chi connectivity index (χ0) is 19.0. The SMILES string of the molecule is CCOC(=O)c1c(NC(=O)c2ccc3c(c2)OCO3)sc2c1CCN(C)C2.Cl. The number of likely N-dealkylation sites (N-methyl/N-ethyl adjacent to an activating group) is 1. The Labute approximate surface area is 173 Å². The van der Waals surface area contributed by atoms with Crippen LogP contribution in [0.4, 0.5) is 5.00 Å². The summed E-state index contributed by atoms with van der Waals surface area (Å²) in [5, 5.41) is 3.43. The van der Waals surface area contributed by atoms with Gasteiger partial charge in [-0.25, -0.2) is 4.79 Å². The first-order chi connectivity index (χ1) is 13.1. The van der Waals surface area contributed by atoms with Crippen molar-refractivity contribution in [3.8, 4) is 11.5 Å². The van der Waals surface area contributed by atoms with Crippen LogP contribution in [0.1, 0.15) is 38.1 Å². The van der Waals surface area contributed by atoms with Gasteiger partial charge in [0.25, 0.3) is 5.91 Å². The summed E-state index contributed by atoms with van der Waals surface area (Å²) in [5.41, 5.74) is 1.91. The van der Waals surface area contributed by atoms with Crippen LogP contribution >= 0.6 is 23.7 Å². The zero-order valence-corrected chi connectivity index (χ0v) is 17.2. The van der Waals surface area contributed by atoms with Gasteiger partial charge in [-0.15, -0.1) is 23.7 Å². The Morgan fingerprint density at radius 3 is 2.86 bits per heavy atom. The summed E-state index contributed by atoms with van der Waals surface area (Å²) in [5.74, 6) is 0.472. The molecule has 0 aliphatic carbocycles. The number of carbonyl (C=O) groups excluding carboxylic acids is 2. The second kappa shape index (κ2) is 8.38. The quantitative estimate of drug-likeness (QED) is 0.759. The smallest absolute Gasteiger partial charge is 0.341 e. The molecule has 150 valence electrons. The van der Waals surface area contributed by atoms with Gasteiger partial charge < -0.3 is 24.4 Å². The number of amides is 1. The van der Waals surface area contributed by atoms with Crippen molar-refractivity contribution in [2.75, 3.05) is 32.3 Å². The van der Waals surface area contributed by atoms with E-state index >= 15 is 0 Å². The summed E-state index contributed by atoms with van der Waals surface area (Å²) in [6.07, 6.45) is 0.760. The number of anilines is 1. The van der Waals surface area contributed by atoms with Crippen molar-refractivity contribution >= 4 is 40.6 Å². The molecule has 7 nitrogen and oxygen atoms in total. The first kappa shape index (κ1) is 20.4. The number of ether oxygens (including phenoxy) is 3. The summed E-state index contributed by atoms with van der Waals surface area (Å²) < 4.78 is 15.8. The molecular weight excluding hydrogens is 404 g/mol. The molecule has 1 aromatic heterocycles. The lowest BCUT2D eigenvalue weighted by Gasteiger charge is -2.22. The van der Waals surface area contributed by atoms with Crippen LogP contribution in [-0.4, -0.2) is 43.8 Å². The summed E-state index contributed by atoms with van der Waals surface area (Å²) in [4.78, 5) is 28.6. The van der Waals surface area contributed by atoms with Crippen molar-refractivity contribution in [3.05, 3.63) is 39.8 Å². The van der Waals surface area contributed by atoms with Crippen LogP contribution in [-0.2, 0) is 17.7 Å². The summed E-state index contributed by atoms with van der Waals surface area (Å²) in [6.45, 7) is 3.84. The van der Waals surface area contributed by atoms with Crippen LogP contribution in [0.2, 0.25) is 0 Å². The normalized spacial score (nSPS) is 14.8. The zero-order valence-electron chi connectivity index (χ0n) is 15.6. The minimum absolute atomic E-state index is 0. The average molecular weight is 425 g/mol. The first-order valence-corrected chi connectivity index (χ1v) is 9.59. The van der Waals surface area contributed by atoms with Gasteiger partial charge >= 0.3 is 5.97 Å². The van der Waals surface area contributed by atoms with E-state index < -0.39 is 0 Å². The third-order valence-corrected chi connectivity index (χ3v) is 5.72. The highest BCUT2D eigenvalue weighted by atomic mass is 35.5. The van der Waals surface area contributed by atoms with Crippen molar-refractivity contribution in [1.82, 2.24) is 4.90 Å². The molecule has 0 saturated carbocycles. The van der Waals surface area contributed by atoms with E-state index in [1.807, 2.05) is 7.05 Å². The Morgan fingerprint density at radius 2 is 2.07 bits per heavy atom. The van der Waals surface area contributed by atoms with E-state index in [0.29, 0.717) is 34.2 Å². The third-order valence-electron chi connectivity index (χ3n) is 4.59. The number of esters is 1. The molecule has 2 aromatic rings.